The summed E-state index contributed by atoms with van der Waals surface area (Å²) >= 11 is 0. The predicted molar refractivity (Wildman–Crippen MR) is 83.3 cm³/mol. The van der Waals surface area contributed by atoms with Gasteiger partial charge in [-0.3, -0.25) is 0 Å². The molecule has 2 aromatic rings. The summed E-state index contributed by atoms with van der Waals surface area (Å²) in [6.45, 7) is 5.18. The third kappa shape index (κ3) is 3.12. The van der Waals surface area contributed by atoms with E-state index >= 15 is 0 Å². The minimum Gasteiger partial charge on any atom is -0.497 e. The van der Waals surface area contributed by atoms with E-state index in [1.54, 1.807) is 7.11 Å². The van der Waals surface area contributed by atoms with Crippen molar-refractivity contribution >= 4 is 11.0 Å². The molecule has 0 spiro atoms. The topological polar surface area (TPSA) is 53.1 Å². The number of unbranched alkanes of at least 4 members (excludes halogenated alkanes) is 2. The van der Waals surface area contributed by atoms with Crippen molar-refractivity contribution in [1.29, 1.82) is 0 Å². The van der Waals surface area contributed by atoms with Crippen LogP contribution in [-0.2, 0) is 6.42 Å². The Morgan fingerprint density at radius 1 is 1.25 bits per heavy atom. The van der Waals surface area contributed by atoms with Crippen LogP contribution in [0.1, 0.15) is 45.0 Å². The fraction of sp³-hybridized carbons (Fsp3) is 0.562. The van der Waals surface area contributed by atoms with Gasteiger partial charge in [0.25, 0.3) is 0 Å². The summed E-state index contributed by atoms with van der Waals surface area (Å²) in [6.07, 6.45) is 4.41. The normalized spacial score (nSPS) is 11.4. The van der Waals surface area contributed by atoms with E-state index in [1.165, 1.54) is 17.8 Å². The number of fused-ring (bicyclic) bond motifs is 1. The molecule has 1 heterocycles. The van der Waals surface area contributed by atoms with Gasteiger partial charge in [-0.1, -0.05) is 6.42 Å². The summed E-state index contributed by atoms with van der Waals surface area (Å²) in [5.41, 5.74) is 7.75. The number of aryl methyl sites for hydroxylation is 1. The zero-order valence-electron chi connectivity index (χ0n) is 12.7. The molecule has 0 unspecified atom stereocenters. The maximum absolute atomic E-state index is 5.54. The first-order valence-corrected chi connectivity index (χ1v) is 7.42. The van der Waals surface area contributed by atoms with Crippen LogP contribution in [-0.4, -0.2) is 23.2 Å². The molecule has 1 aromatic carbocycles. The van der Waals surface area contributed by atoms with E-state index in [1.807, 2.05) is 12.1 Å². The molecule has 0 aliphatic heterocycles. The van der Waals surface area contributed by atoms with Crippen molar-refractivity contribution in [3.63, 3.8) is 0 Å². The average Bonchev–Trinajstić information content (AvgIpc) is 2.80. The minimum absolute atomic E-state index is 0.415. The summed E-state index contributed by atoms with van der Waals surface area (Å²) < 4.78 is 7.61. The van der Waals surface area contributed by atoms with Crippen LogP contribution in [0.15, 0.2) is 18.2 Å². The highest BCUT2D eigenvalue weighted by Gasteiger charge is 2.13. The smallest absolute Gasteiger partial charge is 0.121 e. The van der Waals surface area contributed by atoms with Crippen molar-refractivity contribution in [3.05, 3.63) is 24.0 Å². The SMILES string of the molecule is COc1ccc2c(c1)nc(CCCCCN)n2C(C)C. The lowest BCUT2D eigenvalue weighted by Crippen LogP contribution is -2.07. The van der Waals surface area contributed by atoms with Gasteiger partial charge in [-0.25, -0.2) is 4.98 Å². The first-order valence-electron chi connectivity index (χ1n) is 7.42. The molecule has 0 aliphatic carbocycles. The van der Waals surface area contributed by atoms with Crippen molar-refractivity contribution < 1.29 is 4.74 Å². The summed E-state index contributed by atoms with van der Waals surface area (Å²) in [5, 5.41) is 0. The average molecular weight is 275 g/mol. The van der Waals surface area contributed by atoms with E-state index < -0.39 is 0 Å². The van der Waals surface area contributed by atoms with E-state index in [0.717, 1.165) is 37.1 Å². The van der Waals surface area contributed by atoms with Crippen LogP contribution in [0.3, 0.4) is 0 Å². The van der Waals surface area contributed by atoms with Gasteiger partial charge in [-0.2, -0.15) is 0 Å². The zero-order chi connectivity index (χ0) is 14.5. The largest absolute Gasteiger partial charge is 0.497 e. The lowest BCUT2D eigenvalue weighted by molar-refractivity contribution is 0.415. The van der Waals surface area contributed by atoms with Gasteiger partial charge in [0, 0.05) is 18.5 Å². The van der Waals surface area contributed by atoms with Crippen LogP contribution < -0.4 is 10.5 Å². The lowest BCUT2D eigenvalue weighted by atomic mass is 10.2. The second-order valence-corrected chi connectivity index (χ2v) is 5.45. The van der Waals surface area contributed by atoms with E-state index in [4.69, 9.17) is 15.5 Å². The van der Waals surface area contributed by atoms with Gasteiger partial charge in [0.05, 0.1) is 18.1 Å². The quantitative estimate of drug-likeness (QED) is 0.789. The lowest BCUT2D eigenvalue weighted by Gasteiger charge is -2.13. The molecule has 0 radical (unpaired) electrons. The monoisotopic (exact) mass is 275 g/mol. The summed E-state index contributed by atoms with van der Waals surface area (Å²) in [4.78, 5) is 4.79. The molecule has 0 saturated carbocycles. The number of aromatic nitrogens is 2. The van der Waals surface area contributed by atoms with Crippen molar-refractivity contribution in [2.24, 2.45) is 5.73 Å². The number of methoxy groups -OCH3 is 1. The molecular weight excluding hydrogens is 250 g/mol. The molecule has 4 heteroatoms. The Balaban J connectivity index is 2.29. The van der Waals surface area contributed by atoms with Gasteiger partial charge < -0.3 is 15.0 Å². The Morgan fingerprint density at radius 3 is 2.70 bits per heavy atom. The fourth-order valence-corrected chi connectivity index (χ4v) is 2.61. The van der Waals surface area contributed by atoms with Gasteiger partial charge >= 0.3 is 0 Å². The maximum atomic E-state index is 5.54. The maximum Gasteiger partial charge on any atom is 0.121 e. The summed E-state index contributed by atoms with van der Waals surface area (Å²) in [5.74, 6) is 2.03. The van der Waals surface area contributed by atoms with Crippen LogP contribution in [0, 0.1) is 0 Å². The van der Waals surface area contributed by atoms with Crippen molar-refractivity contribution in [1.82, 2.24) is 9.55 Å². The molecule has 0 amide bonds. The van der Waals surface area contributed by atoms with E-state index in [2.05, 4.69) is 24.5 Å². The molecule has 0 atom stereocenters. The number of ether oxygens (including phenoxy) is 1. The second kappa shape index (κ2) is 6.75. The van der Waals surface area contributed by atoms with Gasteiger partial charge in [0.1, 0.15) is 11.6 Å². The molecule has 20 heavy (non-hydrogen) atoms. The van der Waals surface area contributed by atoms with Gasteiger partial charge in [0.15, 0.2) is 0 Å². The Hall–Kier alpha value is -1.55. The Labute approximate surface area is 120 Å². The fourth-order valence-electron chi connectivity index (χ4n) is 2.61. The Morgan fingerprint density at radius 2 is 2.05 bits per heavy atom. The van der Waals surface area contributed by atoms with Crippen LogP contribution in [0.5, 0.6) is 5.75 Å². The molecule has 0 saturated heterocycles. The molecule has 4 nitrogen and oxygen atoms in total. The third-order valence-corrected chi connectivity index (χ3v) is 3.59. The molecule has 0 aliphatic rings. The second-order valence-electron chi connectivity index (χ2n) is 5.45. The van der Waals surface area contributed by atoms with Crippen molar-refractivity contribution in [3.8, 4) is 5.75 Å². The molecule has 0 fully saturated rings. The predicted octanol–water partition coefficient (Wildman–Crippen LogP) is 3.30. The molecule has 110 valence electrons. The minimum atomic E-state index is 0.415. The Bertz CT molecular complexity index is 560. The summed E-state index contributed by atoms with van der Waals surface area (Å²) in [7, 11) is 1.69. The van der Waals surface area contributed by atoms with Crippen molar-refractivity contribution in [2.45, 2.75) is 45.6 Å². The highest BCUT2D eigenvalue weighted by molar-refractivity contribution is 5.78. The Kier molecular flexibility index (Phi) is 5.01. The molecular formula is C16H25N3O. The number of imidazole rings is 1. The molecule has 2 rings (SSSR count). The number of nitrogens with zero attached hydrogens (tertiary/aromatic N) is 2. The van der Waals surface area contributed by atoms with Gasteiger partial charge in [-0.05, 0) is 45.4 Å². The van der Waals surface area contributed by atoms with Crippen LogP contribution in [0.4, 0.5) is 0 Å². The van der Waals surface area contributed by atoms with Crippen LogP contribution in [0.2, 0.25) is 0 Å². The number of benzene rings is 1. The van der Waals surface area contributed by atoms with Crippen LogP contribution >= 0.6 is 0 Å². The number of nitrogens with two attached hydrogens (primary N) is 1. The van der Waals surface area contributed by atoms with Crippen LogP contribution in [0.25, 0.3) is 11.0 Å². The highest BCUT2D eigenvalue weighted by Crippen LogP contribution is 2.25. The molecule has 1 aromatic heterocycles. The van der Waals surface area contributed by atoms with E-state index in [0.29, 0.717) is 6.04 Å². The first kappa shape index (κ1) is 14.9. The number of hydrogen-bond donors (Lipinski definition) is 1. The summed E-state index contributed by atoms with van der Waals surface area (Å²) in [6, 6.07) is 6.53. The number of hydrogen-bond acceptors (Lipinski definition) is 3. The zero-order valence-corrected chi connectivity index (χ0v) is 12.7. The van der Waals surface area contributed by atoms with E-state index in [-0.39, 0.29) is 0 Å². The number of rotatable bonds is 7. The van der Waals surface area contributed by atoms with Gasteiger partial charge in [-0.15, -0.1) is 0 Å². The molecule has 2 N–H and O–H groups in total. The van der Waals surface area contributed by atoms with Gasteiger partial charge in [0.2, 0.25) is 0 Å². The molecule has 0 bridgehead atoms. The third-order valence-electron chi connectivity index (χ3n) is 3.59. The van der Waals surface area contributed by atoms with Crippen molar-refractivity contribution in [2.75, 3.05) is 13.7 Å². The van der Waals surface area contributed by atoms with E-state index in [9.17, 15) is 0 Å². The first-order chi connectivity index (χ1) is 9.67. The standard InChI is InChI=1S/C16H25N3O/c1-12(2)19-15-9-8-13(20-3)11-14(15)18-16(19)7-5-4-6-10-17/h8-9,11-12H,4-7,10,17H2,1-3H3. The highest BCUT2D eigenvalue weighted by atomic mass is 16.5.